The number of benzene rings is 1. The highest BCUT2D eigenvalue weighted by Crippen LogP contribution is 2.10. The molecule has 1 fully saturated rings. The van der Waals surface area contributed by atoms with Crippen LogP contribution in [0.25, 0.3) is 0 Å². The van der Waals surface area contributed by atoms with E-state index in [9.17, 15) is 4.79 Å². The summed E-state index contributed by atoms with van der Waals surface area (Å²) in [5.41, 5.74) is 6.97. The molecule has 5 heteroatoms. The summed E-state index contributed by atoms with van der Waals surface area (Å²) in [6.45, 7) is 2.73. The fourth-order valence-electron chi connectivity index (χ4n) is 1.91. The topological polar surface area (TPSA) is 55.6 Å². The molecule has 18 heavy (non-hydrogen) atoms. The molecule has 2 N–H and O–H groups in total. The van der Waals surface area contributed by atoms with Crippen molar-refractivity contribution < 1.29 is 9.53 Å². The number of nitrogens with zero attached hydrogens (tertiary/aromatic N) is 1. The van der Waals surface area contributed by atoms with Crippen molar-refractivity contribution in [2.45, 2.75) is 6.42 Å². The minimum atomic E-state index is 0.0370. The normalized spacial score (nSPS) is 16.1. The van der Waals surface area contributed by atoms with E-state index in [1.54, 1.807) is 24.3 Å². The second kappa shape index (κ2) is 5.93. The predicted molar refractivity (Wildman–Crippen MR) is 73.7 cm³/mol. The number of hydrogen-bond donors (Lipinski definition) is 1. The lowest BCUT2D eigenvalue weighted by molar-refractivity contribution is 0.0741. The van der Waals surface area contributed by atoms with Gasteiger partial charge in [0.15, 0.2) is 0 Å². The number of hydrogen-bond acceptors (Lipinski definition) is 3. The van der Waals surface area contributed by atoms with E-state index in [-0.39, 0.29) is 5.91 Å². The molecular formula is C13H16N2O2S. The van der Waals surface area contributed by atoms with Crippen molar-refractivity contribution in [1.82, 2.24) is 4.90 Å². The van der Waals surface area contributed by atoms with E-state index in [1.165, 1.54) is 0 Å². The zero-order valence-electron chi connectivity index (χ0n) is 10.1. The molecule has 1 aromatic rings. The largest absolute Gasteiger partial charge is 0.389 e. The first-order valence-electron chi connectivity index (χ1n) is 5.95. The van der Waals surface area contributed by atoms with Crippen molar-refractivity contribution >= 4 is 23.1 Å². The first-order valence-corrected chi connectivity index (χ1v) is 6.36. The second-order valence-electron chi connectivity index (χ2n) is 4.20. The molecule has 96 valence electrons. The van der Waals surface area contributed by atoms with Crippen molar-refractivity contribution in [3.05, 3.63) is 35.4 Å². The van der Waals surface area contributed by atoms with Crippen LogP contribution < -0.4 is 5.73 Å². The third-order valence-corrected chi connectivity index (χ3v) is 3.16. The standard InChI is InChI=1S/C13H16N2O2S/c14-12(18)10-2-4-11(5-3-10)13(16)15-6-1-8-17-9-7-15/h2-5H,1,6-9H2,(H2,14,18). The van der Waals surface area contributed by atoms with Crippen molar-refractivity contribution in [2.24, 2.45) is 5.73 Å². The number of carbonyl (C=O) groups excluding carboxylic acids is 1. The van der Waals surface area contributed by atoms with Gasteiger partial charge in [-0.3, -0.25) is 4.79 Å². The molecule has 0 aromatic heterocycles. The van der Waals surface area contributed by atoms with Crippen molar-refractivity contribution in [1.29, 1.82) is 0 Å². The molecule has 1 amide bonds. The van der Waals surface area contributed by atoms with Gasteiger partial charge < -0.3 is 15.4 Å². The molecule has 0 atom stereocenters. The Hall–Kier alpha value is -1.46. The average molecular weight is 264 g/mol. The van der Waals surface area contributed by atoms with E-state index >= 15 is 0 Å². The monoisotopic (exact) mass is 264 g/mol. The number of thiocarbonyl (C=S) groups is 1. The van der Waals surface area contributed by atoms with Gasteiger partial charge in [0.1, 0.15) is 4.99 Å². The van der Waals surface area contributed by atoms with Gasteiger partial charge in [-0.1, -0.05) is 24.4 Å². The summed E-state index contributed by atoms with van der Waals surface area (Å²) in [6, 6.07) is 7.10. The van der Waals surface area contributed by atoms with E-state index in [0.717, 1.165) is 25.1 Å². The molecule has 1 aliphatic heterocycles. The minimum Gasteiger partial charge on any atom is -0.389 e. The Morgan fingerprint density at radius 3 is 2.50 bits per heavy atom. The molecule has 1 heterocycles. The summed E-state index contributed by atoms with van der Waals surface area (Å²) in [6.07, 6.45) is 0.886. The predicted octanol–water partition coefficient (Wildman–Crippen LogP) is 1.18. The van der Waals surface area contributed by atoms with Gasteiger partial charge >= 0.3 is 0 Å². The van der Waals surface area contributed by atoms with Crippen molar-refractivity contribution in [3.63, 3.8) is 0 Å². The second-order valence-corrected chi connectivity index (χ2v) is 4.64. The highest BCUT2D eigenvalue weighted by molar-refractivity contribution is 7.80. The lowest BCUT2D eigenvalue weighted by atomic mass is 10.1. The number of amides is 1. The van der Waals surface area contributed by atoms with E-state index in [2.05, 4.69) is 0 Å². The maximum absolute atomic E-state index is 12.2. The molecule has 0 bridgehead atoms. The maximum atomic E-state index is 12.2. The van der Waals surface area contributed by atoms with Gasteiger partial charge in [-0.25, -0.2) is 0 Å². The highest BCUT2D eigenvalue weighted by Gasteiger charge is 2.17. The maximum Gasteiger partial charge on any atom is 0.253 e. The lowest BCUT2D eigenvalue weighted by Crippen LogP contribution is -2.33. The Morgan fingerprint density at radius 2 is 1.83 bits per heavy atom. The molecule has 4 nitrogen and oxygen atoms in total. The zero-order chi connectivity index (χ0) is 13.0. The van der Waals surface area contributed by atoms with E-state index in [4.69, 9.17) is 22.7 Å². The van der Waals surface area contributed by atoms with Crippen LogP contribution in [-0.4, -0.2) is 42.1 Å². The van der Waals surface area contributed by atoms with Crippen LogP contribution in [0.1, 0.15) is 22.3 Å². The number of rotatable bonds is 2. The number of nitrogens with two attached hydrogens (primary N) is 1. The van der Waals surface area contributed by atoms with Crippen LogP contribution in [0.15, 0.2) is 24.3 Å². The minimum absolute atomic E-state index is 0.0370. The summed E-state index contributed by atoms with van der Waals surface area (Å²) in [5, 5.41) is 0. The lowest BCUT2D eigenvalue weighted by Gasteiger charge is -2.19. The molecule has 1 aromatic carbocycles. The SMILES string of the molecule is NC(=S)c1ccc(C(=O)N2CCCOCC2)cc1. The molecule has 2 rings (SSSR count). The fourth-order valence-corrected chi connectivity index (χ4v) is 2.04. The van der Waals surface area contributed by atoms with Gasteiger partial charge in [0.05, 0.1) is 6.61 Å². The molecular weight excluding hydrogens is 248 g/mol. The summed E-state index contributed by atoms with van der Waals surface area (Å²) >= 11 is 4.88. The van der Waals surface area contributed by atoms with Crippen molar-refractivity contribution in [2.75, 3.05) is 26.3 Å². The highest BCUT2D eigenvalue weighted by atomic mass is 32.1. The summed E-state index contributed by atoms with van der Waals surface area (Å²) < 4.78 is 5.33. The molecule has 0 radical (unpaired) electrons. The summed E-state index contributed by atoms with van der Waals surface area (Å²) in [5.74, 6) is 0.0370. The molecule has 0 unspecified atom stereocenters. The Balaban J connectivity index is 2.10. The summed E-state index contributed by atoms with van der Waals surface area (Å²) in [7, 11) is 0. The third kappa shape index (κ3) is 3.05. The average Bonchev–Trinajstić information content (AvgIpc) is 2.67. The van der Waals surface area contributed by atoms with Crippen LogP contribution >= 0.6 is 12.2 Å². The first-order chi connectivity index (χ1) is 8.68. The first kappa shape index (κ1) is 13.0. The van der Waals surface area contributed by atoms with E-state index < -0.39 is 0 Å². The Morgan fingerprint density at radius 1 is 1.17 bits per heavy atom. The Kier molecular flexibility index (Phi) is 4.28. The smallest absolute Gasteiger partial charge is 0.253 e. The van der Waals surface area contributed by atoms with E-state index in [1.807, 2.05) is 4.90 Å². The third-order valence-electron chi connectivity index (χ3n) is 2.93. The Labute approximate surface area is 112 Å². The quantitative estimate of drug-likeness (QED) is 0.815. The van der Waals surface area contributed by atoms with Crippen LogP contribution in [-0.2, 0) is 4.74 Å². The van der Waals surface area contributed by atoms with Gasteiger partial charge in [0.2, 0.25) is 0 Å². The Bertz CT molecular complexity index is 437. The van der Waals surface area contributed by atoms with Gasteiger partial charge in [0.25, 0.3) is 5.91 Å². The van der Waals surface area contributed by atoms with Gasteiger partial charge in [0, 0.05) is 30.8 Å². The van der Waals surface area contributed by atoms with Gasteiger partial charge in [-0.05, 0) is 18.6 Å². The van der Waals surface area contributed by atoms with Crippen molar-refractivity contribution in [3.8, 4) is 0 Å². The van der Waals surface area contributed by atoms with Crippen LogP contribution in [0.5, 0.6) is 0 Å². The molecule has 1 aliphatic rings. The van der Waals surface area contributed by atoms with Gasteiger partial charge in [-0.2, -0.15) is 0 Å². The number of ether oxygens (including phenoxy) is 1. The summed E-state index contributed by atoms with van der Waals surface area (Å²) in [4.78, 5) is 14.4. The molecule has 1 saturated heterocycles. The zero-order valence-corrected chi connectivity index (χ0v) is 10.9. The van der Waals surface area contributed by atoms with Crippen LogP contribution in [0.2, 0.25) is 0 Å². The van der Waals surface area contributed by atoms with Crippen LogP contribution in [0.3, 0.4) is 0 Å². The molecule has 0 saturated carbocycles. The van der Waals surface area contributed by atoms with Gasteiger partial charge in [-0.15, -0.1) is 0 Å². The fraction of sp³-hybridized carbons (Fsp3) is 0.385. The molecule has 0 aliphatic carbocycles. The number of carbonyl (C=O) groups is 1. The van der Waals surface area contributed by atoms with Crippen LogP contribution in [0, 0.1) is 0 Å². The molecule has 0 spiro atoms. The van der Waals surface area contributed by atoms with E-state index in [0.29, 0.717) is 23.7 Å². The van der Waals surface area contributed by atoms with Crippen LogP contribution in [0.4, 0.5) is 0 Å².